The lowest BCUT2D eigenvalue weighted by atomic mass is 10.0. The smallest absolute Gasteiger partial charge is 0.296 e. The molecule has 0 unspecified atom stereocenters. The van der Waals surface area contributed by atoms with Gasteiger partial charge in [0.05, 0.1) is 27.8 Å². The number of azo groups is 2. The van der Waals surface area contributed by atoms with Crippen LogP contribution in [-0.2, 0) is 50.6 Å². The lowest BCUT2D eigenvalue weighted by Gasteiger charge is -2.16. The summed E-state index contributed by atoms with van der Waals surface area (Å²) in [6.45, 7) is 1.49. The van der Waals surface area contributed by atoms with Crippen LogP contribution >= 0.6 is 58.1 Å². The fraction of sp³-hybridized carbons (Fsp3) is 0.143. The van der Waals surface area contributed by atoms with E-state index in [1.807, 2.05) is 6.07 Å². The van der Waals surface area contributed by atoms with E-state index in [-0.39, 0.29) is 123 Å². The first kappa shape index (κ1) is 65.6. The highest BCUT2D eigenvalue weighted by Gasteiger charge is 2.26. The van der Waals surface area contributed by atoms with Crippen LogP contribution in [0.2, 0.25) is 10.0 Å². The number of fused-ring (bicyclic) bond motifs is 1. The number of thiophene rings is 1. The predicted octanol–water partition coefficient (Wildman–Crippen LogP) is 12.0. The lowest BCUT2D eigenvalue weighted by Crippen LogP contribution is -2.06. The van der Waals surface area contributed by atoms with Crippen molar-refractivity contribution >= 4 is 175 Å². The standard InChI is InChI=1S/C49H39Cl2N13O15S8/c1-26-35(24-52)43(55-31-15-16-37(51)40(22-31)87(77,78)79)57-44(54-29-13-9-28(50)10-14-29)42(26)62-63-45-36(25-53)41(46(82-45)64-61-32-21-34-33(39(23-32)86(74,75)76)5-2-6-38(34)85(71,72)73)27-7-11-30(12-8-27)56-47-58-48(80-17-3-19-83(65,66)67)60-49(59-47)81-18-4-20-84(68,69)70/h2,5-16,21-23H,3-4,17-20H2,1H3,(H2,54,55,57)(H,65,66,67)(H,68,69,70)(H,71,72,73)(H,74,75,76)(H,77,78,79)(H,56,58,59,60). The number of halogens is 2. The van der Waals surface area contributed by atoms with Crippen molar-refractivity contribution in [3.05, 3.63) is 124 Å². The Kier molecular flexibility index (Phi) is 20.3. The zero-order valence-electron chi connectivity index (χ0n) is 43.8. The van der Waals surface area contributed by atoms with Crippen LogP contribution in [-0.4, -0.2) is 108 Å². The van der Waals surface area contributed by atoms with Crippen molar-refractivity contribution in [1.29, 1.82) is 10.5 Å². The van der Waals surface area contributed by atoms with Crippen LogP contribution in [0.5, 0.6) is 0 Å². The summed E-state index contributed by atoms with van der Waals surface area (Å²) in [5.74, 6) is -0.961. The summed E-state index contributed by atoms with van der Waals surface area (Å²) in [6.07, 6.45) is 0.0587. The van der Waals surface area contributed by atoms with Crippen LogP contribution in [0.3, 0.4) is 0 Å². The van der Waals surface area contributed by atoms with Gasteiger partial charge in [0.1, 0.15) is 43.1 Å². The minimum absolute atomic E-state index is 0.0242. The quantitative estimate of drug-likeness (QED) is 0.0121. The summed E-state index contributed by atoms with van der Waals surface area (Å²) >= 11 is 15.0. The number of anilines is 6. The van der Waals surface area contributed by atoms with Crippen molar-refractivity contribution in [2.24, 2.45) is 20.5 Å². The van der Waals surface area contributed by atoms with Crippen molar-refractivity contribution in [3.8, 4) is 23.3 Å². The molecule has 3 aromatic heterocycles. The molecule has 0 aliphatic carbocycles. The normalized spacial score (nSPS) is 12.4. The number of aromatic nitrogens is 4. The Hall–Kier alpha value is -7.37. The van der Waals surface area contributed by atoms with Gasteiger partial charge in [-0.05, 0) is 98.1 Å². The highest BCUT2D eigenvalue weighted by molar-refractivity contribution is 7.99. The molecule has 5 aromatic carbocycles. The maximum Gasteiger partial charge on any atom is 0.296 e. The Labute approximate surface area is 518 Å². The summed E-state index contributed by atoms with van der Waals surface area (Å²) in [4.78, 5) is 15.6. The fourth-order valence-electron chi connectivity index (χ4n) is 7.82. The Morgan fingerprint density at radius 1 is 0.563 bits per heavy atom. The van der Waals surface area contributed by atoms with Crippen LogP contribution < -0.4 is 16.0 Å². The third-order valence-electron chi connectivity index (χ3n) is 11.6. The molecule has 0 atom stereocenters. The van der Waals surface area contributed by atoms with Crippen molar-refractivity contribution in [3.63, 3.8) is 0 Å². The summed E-state index contributed by atoms with van der Waals surface area (Å²) < 4.78 is 169. The molecule has 87 heavy (non-hydrogen) atoms. The van der Waals surface area contributed by atoms with Gasteiger partial charge >= 0.3 is 0 Å². The van der Waals surface area contributed by atoms with Gasteiger partial charge in [0.15, 0.2) is 26.9 Å². The zero-order chi connectivity index (χ0) is 63.2. The van der Waals surface area contributed by atoms with E-state index in [0.29, 0.717) is 16.4 Å². The van der Waals surface area contributed by atoms with Crippen molar-refractivity contribution < 1.29 is 64.9 Å². The predicted molar refractivity (Wildman–Crippen MR) is 326 cm³/mol. The average molecular weight is 1380 g/mol. The Morgan fingerprint density at radius 3 is 1.69 bits per heavy atom. The molecule has 0 saturated heterocycles. The Morgan fingerprint density at radius 2 is 1.11 bits per heavy atom. The average Bonchev–Trinajstić information content (AvgIpc) is 2.37. The number of hydrogen-bond acceptors (Lipinski definition) is 26. The van der Waals surface area contributed by atoms with E-state index in [9.17, 15) is 75.4 Å². The molecule has 0 fully saturated rings. The second-order valence-corrected chi connectivity index (χ2v) is 29.0. The molecule has 3 heterocycles. The minimum Gasteiger partial charge on any atom is -0.339 e. The summed E-state index contributed by atoms with van der Waals surface area (Å²) in [6, 6.07) is 25.4. The molecular formula is C49H39Cl2N13O15S8. The summed E-state index contributed by atoms with van der Waals surface area (Å²) in [5.41, 5.74) is 0.484. The van der Waals surface area contributed by atoms with Crippen molar-refractivity contribution in [2.45, 2.75) is 44.8 Å². The molecule has 28 nitrogen and oxygen atoms in total. The largest absolute Gasteiger partial charge is 0.339 e. The van der Waals surface area contributed by atoms with Gasteiger partial charge < -0.3 is 16.0 Å². The Balaban J connectivity index is 1.25. The molecule has 0 bridgehead atoms. The second kappa shape index (κ2) is 26.9. The first-order valence-electron chi connectivity index (χ1n) is 24.1. The third kappa shape index (κ3) is 17.2. The topological polar surface area (TPSA) is 457 Å². The fourth-order valence-corrected chi connectivity index (χ4v) is 14.3. The number of pyridine rings is 1. The number of nitrogens with one attached hydrogen (secondary N) is 3. The molecule has 0 aliphatic heterocycles. The number of benzene rings is 5. The molecule has 0 aliphatic rings. The molecule has 8 rings (SSSR count). The van der Waals surface area contributed by atoms with Gasteiger partial charge in [0.25, 0.3) is 50.6 Å². The molecule has 452 valence electrons. The first-order valence-corrected chi connectivity index (χ1v) is 35.2. The summed E-state index contributed by atoms with van der Waals surface area (Å²) in [7, 11) is -23.4. The zero-order valence-corrected chi connectivity index (χ0v) is 51.8. The molecule has 38 heteroatoms. The van der Waals surface area contributed by atoms with Crippen LogP contribution in [0.15, 0.2) is 143 Å². The molecule has 0 radical (unpaired) electrons. The van der Waals surface area contributed by atoms with E-state index in [2.05, 4.69) is 62.4 Å². The molecule has 0 amide bonds. The lowest BCUT2D eigenvalue weighted by molar-refractivity contribution is 0.480. The first-order chi connectivity index (χ1) is 40.9. The molecule has 0 saturated carbocycles. The second-order valence-electron chi connectivity index (χ2n) is 17.8. The molecule has 8 aromatic rings. The van der Waals surface area contributed by atoms with Crippen molar-refractivity contribution in [1.82, 2.24) is 19.9 Å². The number of thioether (sulfide) groups is 2. The van der Waals surface area contributed by atoms with Gasteiger partial charge in [-0.2, -0.15) is 67.6 Å². The molecule has 0 spiro atoms. The van der Waals surface area contributed by atoms with E-state index < -0.39 is 76.8 Å². The van der Waals surface area contributed by atoms with Crippen LogP contribution in [0.25, 0.3) is 21.9 Å². The van der Waals surface area contributed by atoms with Gasteiger partial charge in [-0.25, -0.2) is 4.98 Å². The number of nitrogens with zero attached hydrogens (tertiary/aromatic N) is 10. The SMILES string of the molecule is Cc1c(C#N)c(Nc2ccc(Cl)c(S(=O)(=O)O)c2)nc(Nc2ccc(Cl)cc2)c1N=Nc1sc(N=Nc2cc(S(=O)(=O)O)c3cccc(S(=O)(=O)O)c3c2)c(-c2ccc(Nc3nc(SCCCS(=O)(=O)O)nc(SCCCS(=O)(=O)O)n3)cc2)c1C#N. The number of rotatable bonds is 24. The number of nitriles is 2. The van der Waals surface area contributed by atoms with Gasteiger partial charge in [-0.15, -0.1) is 20.5 Å². The van der Waals surface area contributed by atoms with E-state index in [4.69, 9.17) is 23.2 Å². The maximum absolute atomic E-state index is 12.7. The number of hydrogen-bond donors (Lipinski definition) is 8. The molecular weight excluding hydrogens is 1340 g/mol. The van der Waals surface area contributed by atoms with E-state index in [1.54, 1.807) is 24.3 Å². The van der Waals surface area contributed by atoms with Crippen LogP contribution in [0.4, 0.5) is 56.0 Å². The van der Waals surface area contributed by atoms with E-state index in [0.717, 1.165) is 65.2 Å². The van der Waals surface area contributed by atoms with E-state index >= 15 is 0 Å². The van der Waals surface area contributed by atoms with Crippen molar-refractivity contribution in [2.75, 3.05) is 39.0 Å². The monoisotopic (exact) mass is 1370 g/mol. The van der Waals surface area contributed by atoms with Crippen LogP contribution in [0, 0.1) is 29.6 Å². The molecule has 8 N–H and O–H groups in total. The Bertz CT molecular complexity index is 4730. The van der Waals surface area contributed by atoms with E-state index in [1.165, 1.54) is 49.4 Å². The minimum atomic E-state index is -5.10. The van der Waals surface area contributed by atoms with Gasteiger partial charge in [-0.3, -0.25) is 22.8 Å². The van der Waals surface area contributed by atoms with Gasteiger partial charge in [0.2, 0.25) is 5.95 Å². The van der Waals surface area contributed by atoms with Crippen LogP contribution in [0.1, 0.15) is 29.5 Å². The highest BCUT2D eigenvalue weighted by atomic mass is 35.5. The third-order valence-corrected chi connectivity index (χ3v) is 19.5. The summed E-state index contributed by atoms with van der Waals surface area (Å²) in [5, 5.41) is 47.5. The maximum atomic E-state index is 12.7. The van der Waals surface area contributed by atoms with Gasteiger partial charge in [0, 0.05) is 55.5 Å². The van der Waals surface area contributed by atoms with Gasteiger partial charge in [-0.1, -0.05) is 82.3 Å². The highest BCUT2D eigenvalue weighted by Crippen LogP contribution is 2.49.